The number of sulfone groups is 1. The van der Waals surface area contributed by atoms with Gasteiger partial charge < -0.3 is 14.4 Å². The predicted molar refractivity (Wildman–Crippen MR) is 109 cm³/mol. The lowest BCUT2D eigenvalue weighted by molar-refractivity contribution is -0.154. The van der Waals surface area contributed by atoms with Gasteiger partial charge >= 0.3 is 5.97 Å². The number of hydrogen-bond acceptors (Lipinski definition) is 6. The van der Waals surface area contributed by atoms with Gasteiger partial charge in [-0.25, -0.2) is 13.2 Å². The second-order valence-electron chi connectivity index (χ2n) is 8.21. The zero-order valence-electron chi connectivity index (χ0n) is 17.2. The fourth-order valence-corrected chi connectivity index (χ4v) is 5.55. The maximum Gasteiger partial charge on any atom is 0.344 e. The first-order valence-corrected chi connectivity index (χ1v) is 11.9. The minimum Gasteiger partial charge on any atom is -0.482 e. The van der Waals surface area contributed by atoms with Gasteiger partial charge in [0, 0.05) is 12.1 Å². The van der Waals surface area contributed by atoms with E-state index >= 15 is 0 Å². The van der Waals surface area contributed by atoms with Gasteiger partial charge in [0.2, 0.25) is 0 Å². The molecule has 1 aromatic rings. The van der Waals surface area contributed by atoms with Crippen LogP contribution in [0.3, 0.4) is 0 Å². The van der Waals surface area contributed by atoms with Gasteiger partial charge in [-0.05, 0) is 55.4 Å². The number of benzene rings is 1. The number of nitrogens with zero attached hydrogens (tertiary/aromatic N) is 1. The van der Waals surface area contributed by atoms with Crippen molar-refractivity contribution in [3.8, 4) is 5.75 Å². The van der Waals surface area contributed by atoms with Crippen molar-refractivity contribution in [2.75, 3.05) is 24.7 Å². The molecule has 0 N–H and O–H groups in total. The summed E-state index contributed by atoms with van der Waals surface area (Å²) in [5, 5.41) is 0. The largest absolute Gasteiger partial charge is 0.482 e. The maximum absolute atomic E-state index is 12.6. The minimum absolute atomic E-state index is 0.00196. The van der Waals surface area contributed by atoms with Crippen LogP contribution in [0.2, 0.25) is 0 Å². The summed E-state index contributed by atoms with van der Waals surface area (Å²) >= 11 is 0. The van der Waals surface area contributed by atoms with E-state index in [2.05, 4.69) is 13.8 Å². The highest BCUT2D eigenvalue weighted by Crippen LogP contribution is 2.32. The van der Waals surface area contributed by atoms with Crippen LogP contribution in [-0.4, -0.2) is 62.0 Å². The van der Waals surface area contributed by atoms with Gasteiger partial charge in [0.05, 0.1) is 11.5 Å². The SMILES string of the molecule is Cc1cc(OCC(=O)OCC(=O)N(C2CC2)[C@@H]2CCS(=O)(=O)C2)ccc1C(C)C. The number of amides is 1. The van der Waals surface area contributed by atoms with Crippen LogP contribution in [-0.2, 0) is 24.2 Å². The van der Waals surface area contributed by atoms with Gasteiger partial charge in [0.15, 0.2) is 23.1 Å². The number of esters is 1. The second-order valence-corrected chi connectivity index (χ2v) is 10.4. The number of hydrogen-bond donors (Lipinski definition) is 0. The van der Waals surface area contributed by atoms with E-state index in [0.29, 0.717) is 18.1 Å². The molecule has 1 atom stereocenters. The van der Waals surface area contributed by atoms with E-state index < -0.39 is 15.8 Å². The molecule has 0 radical (unpaired) electrons. The topological polar surface area (TPSA) is 90.0 Å². The molecule has 2 aliphatic rings. The Labute approximate surface area is 172 Å². The van der Waals surface area contributed by atoms with Crippen LogP contribution in [0.5, 0.6) is 5.75 Å². The third kappa shape index (κ3) is 5.72. The molecule has 1 heterocycles. The highest BCUT2D eigenvalue weighted by Gasteiger charge is 2.42. The Morgan fingerprint density at radius 2 is 1.86 bits per heavy atom. The first-order valence-electron chi connectivity index (χ1n) is 10.1. The van der Waals surface area contributed by atoms with Crippen LogP contribution < -0.4 is 4.74 Å². The number of carbonyl (C=O) groups excluding carboxylic acids is 2. The summed E-state index contributed by atoms with van der Waals surface area (Å²) in [4.78, 5) is 26.2. The molecular formula is C21H29NO6S. The zero-order valence-corrected chi connectivity index (χ0v) is 18.0. The van der Waals surface area contributed by atoms with Crippen LogP contribution in [0.1, 0.15) is 50.2 Å². The van der Waals surface area contributed by atoms with Crippen LogP contribution in [0.4, 0.5) is 0 Å². The molecule has 1 saturated heterocycles. The molecule has 1 aliphatic heterocycles. The highest BCUT2D eigenvalue weighted by molar-refractivity contribution is 7.91. The summed E-state index contributed by atoms with van der Waals surface area (Å²) in [5.74, 6) is 0.128. The Kier molecular flexibility index (Phi) is 6.51. The molecule has 3 rings (SSSR count). The van der Waals surface area contributed by atoms with Gasteiger partial charge in [-0.15, -0.1) is 0 Å². The molecule has 1 aliphatic carbocycles. The van der Waals surface area contributed by atoms with Crippen molar-refractivity contribution in [1.82, 2.24) is 4.90 Å². The molecular weight excluding hydrogens is 394 g/mol. The lowest BCUT2D eigenvalue weighted by atomic mass is 9.98. The van der Waals surface area contributed by atoms with Crippen molar-refractivity contribution < 1.29 is 27.5 Å². The van der Waals surface area contributed by atoms with Crippen molar-refractivity contribution in [2.45, 2.75) is 58.0 Å². The van der Waals surface area contributed by atoms with E-state index in [4.69, 9.17) is 9.47 Å². The molecule has 1 saturated carbocycles. The second kappa shape index (κ2) is 8.73. The third-order valence-electron chi connectivity index (χ3n) is 5.41. The summed E-state index contributed by atoms with van der Waals surface area (Å²) in [6.45, 7) is 5.55. The predicted octanol–water partition coefficient (Wildman–Crippen LogP) is 2.22. The molecule has 160 valence electrons. The smallest absolute Gasteiger partial charge is 0.344 e. The van der Waals surface area contributed by atoms with Crippen molar-refractivity contribution >= 4 is 21.7 Å². The molecule has 8 heteroatoms. The van der Waals surface area contributed by atoms with Crippen molar-refractivity contribution in [3.63, 3.8) is 0 Å². The summed E-state index contributed by atoms with van der Waals surface area (Å²) in [5.41, 5.74) is 2.31. The molecule has 29 heavy (non-hydrogen) atoms. The van der Waals surface area contributed by atoms with E-state index in [9.17, 15) is 18.0 Å². The van der Waals surface area contributed by atoms with Crippen LogP contribution >= 0.6 is 0 Å². The first kappa shape index (κ1) is 21.6. The third-order valence-corrected chi connectivity index (χ3v) is 7.16. The molecule has 7 nitrogen and oxygen atoms in total. The van der Waals surface area contributed by atoms with Gasteiger partial charge in [-0.2, -0.15) is 0 Å². The van der Waals surface area contributed by atoms with Crippen molar-refractivity contribution in [1.29, 1.82) is 0 Å². The van der Waals surface area contributed by atoms with E-state index in [0.717, 1.165) is 18.4 Å². The van der Waals surface area contributed by atoms with Crippen LogP contribution in [0, 0.1) is 6.92 Å². The Morgan fingerprint density at radius 1 is 1.14 bits per heavy atom. The van der Waals surface area contributed by atoms with Gasteiger partial charge in [0.1, 0.15) is 5.75 Å². The number of carbonyl (C=O) groups is 2. The standard InChI is InChI=1S/C21H29NO6S/c1-14(2)19-7-6-18(10-15(19)3)27-12-21(24)28-11-20(23)22(16-4-5-16)17-8-9-29(25,26)13-17/h6-7,10,14,16-17H,4-5,8-9,11-13H2,1-3H3/t17-/m1/s1. The average molecular weight is 424 g/mol. The Bertz CT molecular complexity index is 875. The molecule has 1 amide bonds. The van der Waals surface area contributed by atoms with E-state index in [1.54, 1.807) is 4.90 Å². The van der Waals surface area contributed by atoms with Gasteiger partial charge in [-0.3, -0.25) is 4.79 Å². The van der Waals surface area contributed by atoms with Gasteiger partial charge in [0.25, 0.3) is 5.91 Å². The molecule has 0 unspecified atom stereocenters. The van der Waals surface area contributed by atoms with Crippen molar-refractivity contribution in [2.24, 2.45) is 0 Å². The molecule has 2 fully saturated rings. The monoisotopic (exact) mass is 423 g/mol. The van der Waals surface area contributed by atoms with Gasteiger partial charge in [-0.1, -0.05) is 19.9 Å². The Morgan fingerprint density at radius 3 is 2.41 bits per heavy atom. The summed E-state index contributed by atoms with van der Waals surface area (Å²) < 4.78 is 34.0. The number of rotatable bonds is 8. The fraction of sp³-hybridized carbons (Fsp3) is 0.619. The Hall–Kier alpha value is -2.09. The normalized spacial score (nSPS) is 20.5. The molecule has 1 aromatic carbocycles. The molecule has 0 spiro atoms. The van der Waals surface area contributed by atoms with E-state index in [-0.39, 0.29) is 42.7 Å². The number of ether oxygens (including phenoxy) is 2. The lowest BCUT2D eigenvalue weighted by Crippen LogP contribution is -2.45. The average Bonchev–Trinajstić information content (AvgIpc) is 3.41. The Balaban J connectivity index is 1.48. The fourth-order valence-electron chi connectivity index (χ4n) is 3.84. The van der Waals surface area contributed by atoms with Crippen LogP contribution in [0.15, 0.2) is 18.2 Å². The van der Waals surface area contributed by atoms with E-state index in [1.165, 1.54) is 5.56 Å². The summed E-state index contributed by atoms with van der Waals surface area (Å²) in [7, 11) is -3.08. The molecule has 0 bridgehead atoms. The van der Waals surface area contributed by atoms with Crippen molar-refractivity contribution in [3.05, 3.63) is 29.3 Å². The van der Waals surface area contributed by atoms with Crippen LogP contribution in [0.25, 0.3) is 0 Å². The lowest BCUT2D eigenvalue weighted by Gasteiger charge is -2.28. The summed E-state index contributed by atoms with van der Waals surface area (Å²) in [6.07, 6.45) is 2.18. The highest BCUT2D eigenvalue weighted by atomic mass is 32.2. The number of aryl methyl sites for hydroxylation is 1. The molecule has 0 aromatic heterocycles. The first-order chi connectivity index (χ1) is 13.7. The van der Waals surface area contributed by atoms with E-state index in [1.807, 2.05) is 25.1 Å². The maximum atomic E-state index is 12.6. The quantitative estimate of drug-likeness (QED) is 0.596. The zero-order chi connectivity index (χ0) is 21.2. The summed E-state index contributed by atoms with van der Waals surface area (Å²) in [6, 6.07) is 5.43. The minimum atomic E-state index is -3.08.